The van der Waals surface area contributed by atoms with E-state index < -0.39 is 12.2 Å². The van der Waals surface area contributed by atoms with E-state index in [9.17, 15) is 13.2 Å². The Morgan fingerprint density at radius 3 is 2.06 bits per heavy atom. The maximum absolute atomic E-state index is 12.4. The average Bonchev–Trinajstić information content (AvgIpc) is 2.80. The first-order valence-electron chi connectivity index (χ1n) is 5.66. The number of hydrogen-bond acceptors (Lipinski definition) is 2. The second kappa shape index (κ2) is 4.56. The van der Waals surface area contributed by atoms with Crippen LogP contribution in [0.15, 0.2) is 24.3 Å². The first kappa shape index (κ1) is 12.2. The minimum atomic E-state index is -4.38. The summed E-state index contributed by atoms with van der Waals surface area (Å²) in [4.78, 5) is 2.17. The Kier molecular flexibility index (Phi) is 3.28. The molecule has 2 nitrogen and oxygen atoms in total. The van der Waals surface area contributed by atoms with E-state index in [-0.39, 0.29) is 5.56 Å². The molecule has 0 aromatic heterocycles. The van der Waals surface area contributed by atoms with Crippen LogP contribution in [-0.2, 0) is 0 Å². The molecule has 0 bridgehead atoms. The number of rotatable bonds is 2. The van der Waals surface area contributed by atoms with Gasteiger partial charge in [0.15, 0.2) is 0 Å². The second-order valence-electron chi connectivity index (χ2n) is 4.30. The van der Waals surface area contributed by atoms with Gasteiger partial charge in [-0.2, -0.15) is 13.2 Å². The van der Waals surface area contributed by atoms with E-state index in [1.165, 1.54) is 12.1 Å². The average molecular weight is 244 g/mol. The van der Waals surface area contributed by atoms with E-state index in [0.29, 0.717) is 0 Å². The molecule has 94 valence electrons. The van der Waals surface area contributed by atoms with Crippen LogP contribution in [0.25, 0.3) is 0 Å². The second-order valence-corrected chi connectivity index (χ2v) is 4.30. The van der Waals surface area contributed by atoms with Crippen LogP contribution in [-0.4, -0.2) is 19.3 Å². The van der Waals surface area contributed by atoms with Crippen molar-refractivity contribution in [2.24, 2.45) is 5.73 Å². The van der Waals surface area contributed by atoms with Gasteiger partial charge in [-0.05, 0) is 30.5 Å². The van der Waals surface area contributed by atoms with Gasteiger partial charge in [0, 0.05) is 18.8 Å². The smallest absolute Gasteiger partial charge is 0.372 e. The molecule has 1 aromatic carbocycles. The van der Waals surface area contributed by atoms with Gasteiger partial charge in [-0.25, -0.2) is 0 Å². The van der Waals surface area contributed by atoms with Gasteiger partial charge in [0.1, 0.15) is 6.04 Å². The van der Waals surface area contributed by atoms with Crippen LogP contribution in [0.1, 0.15) is 24.4 Å². The van der Waals surface area contributed by atoms with E-state index in [1.807, 2.05) is 0 Å². The minimum Gasteiger partial charge on any atom is -0.372 e. The Labute approximate surface area is 98.2 Å². The molecule has 0 aliphatic carbocycles. The van der Waals surface area contributed by atoms with E-state index in [0.717, 1.165) is 31.6 Å². The summed E-state index contributed by atoms with van der Waals surface area (Å²) in [5.74, 6) is 0. The quantitative estimate of drug-likeness (QED) is 0.866. The maximum Gasteiger partial charge on any atom is 0.407 e. The lowest BCUT2D eigenvalue weighted by atomic mass is 10.1. The highest BCUT2D eigenvalue weighted by Gasteiger charge is 2.37. The van der Waals surface area contributed by atoms with Gasteiger partial charge in [0.2, 0.25) is 0 Å². The summed E-state index contributed by atoms with van der Waals surface area (Å²) >= 11 is 0. The monoisotopic (exact) mass is 244 g/mol. The van der Waals surface area contributed by atoms with Crippen molar-refractivity contribution in [1.82, 2.24) is 0 Å². The Morgan fingerprint density at radius 2 is 1.59 bits per heavy atom. The van der Waals surface area contributed by atoms with E-state index in [2.05, 4.69) is 4.90 Å². The first-order chi connectivity index (χ1) is 7.98. The van der Waals surface area contributed by atoms with Crippen molar-refractivity contribution in [1.29, 1.82) is 0 Å². The number of anilines is 1. The molecular formula is C12H15F3N2. The summed E-state index contributed by atoms with van der Waals surface area (Å²) < 4.78 is 37.2. The molecule has 5 heteroatoms. The molecule has 1 aromatic rings. The fourth-order valence-corrected chi connectivity index (χ4v) is 2.06. The lowest BCUT2D eigenvalue weighted by molar-refractivity contribution is -0.149. The van der Waals surface area contributed by atoms with Crippen molar-refractivity contribution in [3.63, 3.8) is 0 Å². The van der Waals surface area contributed by atoms with Crippen molar-refractivity contribution in [3.05, 3.63) is 29.8 Å². The zero-order valence-electron chi connectivity index (χ0n) is 9.37. The van der Waals surface area contributed by atoms with Gasteiger partial charge >= 0.3 is 6.18 Å². The largest absolute Gasteiger partial charge is 0.407 e. The molecule has 1 aliphatic rings. The molecule has 1 saturated heterocycles. The molecule has 0 spiro atoms. The van der Waals surface area contributed by atoms with E-state index in [4.69, 9.17) is 5.73 Å². The molecule has 1 atom stereocenters. The topological polar surface area (TPSA) is 29.3 Å². The number of nitrogens with two attached hydrogens (primary N) is 1. The molecule has 1 aliphatic heterocycles. The number of hydrogen-bond donors (Lipinski definition) is 1. The van der Waals surface area contributed by atoms with Crippen molar-refractivity contribution in [2.45, 2.75) is 25.1 Å². The molecule has 1 heterocycles. The van der Waals surface area contributed by atoms with E-state index >= 15 is 0 Å². The Bertz CT molecular complexity index is 366. The van der Waals surface area contributed by atoms with Crippen molar-refractivity contribution in [3.8, 4) is 0 Å². The van der Waals surface area contributed by atoms with Gasteiger partial charge in [-0.15, -0.1) is 0 Å². The summed E-state index contributed by atoms with van der Waals surface area (Å²) in [7, 11) is 0. The Hall–Kier alpha value is -1.23. The Balaban J connectivity index is 2.12. The van der Waals surface area contributed by atoms with Gasteiger partial charge in [0.25, 0.3) is 0 Å². The summed E-state index contributed by atoms with van der Waals surface area (Å²) in [5, 5.41) is 0. The standard InChI is InChI=1S/C12H15F3N2/c13-12(14,15)11(16)9-3-5-10(6-4-9)17-7-1-2-8-17/h3-6,11H,1-2,7-8,16H2/t11-/m0/s1. The van der Waals surface area contributed by atoms with Crippen molar-refractivity contribution >= 4 is 5.69 Å². The highest BCUT2D eigenvalue weighted by Crippen LogP contribution is 2.31. The molecule has 17 heavy (non-hydrogen) atoms. The Morgan fingerprint density at radius 1 is 1.06 bits per heavy atom. The minimum absolute atomic E-state index is 0.112. The summed E-state index contributed by atoms with van der Waals surface area (Å²) in [5.41, 5.74) is 6.22. The summed E-state index contributed by atoms with van der Waals surface area (Å²) in [6, 6.07) is 4.46. The third kappa shape index (κ3) is 2.72. The number of halogens is 3. The molecular weight excluding hydrogens is 229 g/mol. The van der Waals surface area contributed by atoms with Gasteiger partial charge < -0.3 is 10.6 Å². The van der Waals surface area contributed by atoms with Crippen LogP contribution < -0.4 is 10.6 Å². The van der Waals surface area contributed by atoms with E-state index in [1.54, 1.807) is 12.1 Å². The van der Waals surface area contributed by atoms with Crippen molar-refractivity contribution < 1.29 is 13.2 Å². The lowest BCUT2D eigenvalue weighted by Gasteiger charge is -2.20. The normalized spacial score (nSPS) is 18.5. The highest BCUT2D eigenvalue weighted by atomic mass is 19.4. The zero-order chi connectivity index (χ0) is 12.5. The van der Waals surface area contributed by atoms with Crippen LogP contribution in [0.3, 0.4) is 0 Å². The number of nitrogens with zero attached hydrogens (tertiary/aromatic N) is 1. The fraction of sp³-hybridized carbons (Fsp3) is 0.500. The molecule has 0 saturated carbocycles. The highest BCUT2D eigenvalue weighted by molar-refractivity contribution is 5.48. The van der Waals surface area contributed by atoms with Crippen LogP contribution in [0, 0.1) is 0 Å². The molecule has 1 fully saturated rings. The third-order valence-electron chi connectivity index (χ3n) is 3.08. The summed E-state index contributed by atoms with van der Waals surface area (Å²) in [6.45, 7) is 1.95. The van der Waals surface area contributed by atoms with Crippen LogP contribution in [0.5, 0.6) is 0 Å². The number of benzene rings is 1. The molecule has 0 unspecified atom stereocenters. The summed E-state index contributed by atoms with van der Waals surface area (Å²) in [6.07, 6.45) is -2.09. The van der Waals surface area contributed by atoms with Crippen LogP contribution >= 0.6 is 0 Å². The predicted octanol–water partition coefficient (Wildman–Crippen LogP) is 2.85. The molecule has 0 radical (unpaired) electrons. The molecule has 2 N–H and O–H groups in total. The van der Waals surface area contributed by atoms with Crippen LogP contribution in [0.2, 0.25) is 0 Å². The van der Waals surface area contributed by atoms with Crippen molar-refractivity contribution in [2.75, 3.05) is 18.0 Å². The number of alkyl halides is 3. The van der Waals surface area contributed by atoms with Crippen LogP contribution in [0.4, 0.5) is 18.9 Å². The maximum atomic E-state index is 12.4. The molecule has 0 amide bonds. The fourth-order valence-electron chi connectivity index (χ4n) is 2.06. The van der Waals surface area contributed by atoms with Gasteiger partial charge in [-0.1, -0.05) is 12.1 Å². The molecule has 2 rings (SSSR count). The van der Waals surface area contributed by atoms with Gasteiger partial charge in [-0.3, -0.25) is 0 Å². The first-order valence-corrected chi connectivity index (χ1v) is 5.66. The van der Waals surface area contributed by atoms with Gasteiger partial charge in [0.05, 0.1) is 0 Å². The predicted molar refractivity (Wildman–Crippen MR) is 60.9 cm³/mol. The zero-order valence-corrected chi connectivity index (χ0v) is 9.37. The SMILES string of the molecule is N[C@@H](c1ccc(N2CCCC2)cc1)C(F)(F)F. The lowest BCUT2D eigenvalue weighted by Crippen LogP contribution is -2.28. The third-order valence-corrected chi connectivity index (χ3v) is 3.08.